The zero-order valence-corrected chi connectivity index (χ0v) is 21.1. The van der Waals surface area contributed by atoms with Crippen LogP contribution in [0.25, 0.3) is 11.1 Å². The second-order valence-corrected chi connectivity index (χ2v) is 9.84. The lowest BCUT2D eigenvalue weighted by molar-refractivity contribution is 0.195. The Kier molecular flexibility index (Phi) is 8.30. The molecule has 2 amide bonds. The standard InChI is InChI=1S/C28H28Cl2N4O/c1-34-13-11-22(12-14-34)25(18-32-28(35)33-24-9-10-26(29)27(30)16-24)21-7-5-20(6-8-21)23-4-2-3-19(15-23)17-31/h2-10,15-16,22,25H,11-14,18H2,1H3,(H2,32,33,35). The molecule has 1 saturated heterocycles. The summed E-state index contributed by atoms with van der Waals surface area (Å²) in [6, 6.07) is 23.1. The Bertz CT molecular complexity index is 1210. The molecule has 180 valence electrons. The Hall–Kier alpha value is -3.04. The first-order valence-electron chi connectivity index (χ1n) is 11.7. The molecule has 1 aliphatic rings. The summed E-state index contributed by atoms with van der Waals surface area (Å²) in [6.07, 6.45) is 2.17. The average molecular weight is 507 g/mol. The van der Waals surface area contributed by atoms with E-state index < -0.39 is 0 Å². The number of halogens is 2. The van der Waals surface area contributed by atoms with E-state index in [1.165, 1.54) is 5.56 Å². The third-order valence-electron chi connectivity index (χ3n) is 6.66. The molecule has 2 N–H and O–H groups in total. The van der Waals surface area contributed by atoms with Gasteiger partial charge in [0.05, 0.1) is 21.7 Å². The molecule has 0 saturated carbocycles. The molecule has 3 aromatic carbocycles. The number of nitrogens with one attached hydrogen (secondary N) is 2. The van der Waals surface area contributed by atoms with Crippen LogP contribution < -0.4 is 10.6 Å². The van der Waals surface area contributed by atoms with Crippen LogP contribution in [0.3, 0.4) is 0 Å². The van der Waals surface area contributed by atoms with E-state index in [0.717, 1.165) is 37.1 Å². The number of rotatable bonds is 6. The smallest absolute Gasteiger partial charge is 0.319 e. The van der Waals surface area contributed by atoms with Gasteiger partial charge < -0.3 is 15.5 Å². The predicted molar refractivity (Wildman–Crippen MR) is 143 cm³/mol. The third-order valence-corrected chi connectivity index (χ3v) is 7.40. The Balaban J connectivity index is 1.48. The van der Waals surface area contributed by atoms with Crippen LogP contribution in [-0.4, -0.2) is 37.6 Å². The summed E-state index contributed by atoms with van der Waals surface area (Å²) in [5, 5.41) is 15.9. The minimum atomic E-state index is -0.272. The quantitative estimate of drug-likeness (QED) is 0.387. The number of nitriles is 1. The Morgan fingerprint density at radius 3 is 2.46 bits per heavy atom. The maximum atomic E-state index is 12.6. The van der Waals surface area contributed by atoms with Crippen molar-refractivity contribution in [3.63, 3.8) is 0 Å². The fraction of sp³-hybridized carbons (Fsp3) is 0.286. The first kappa shape index (κ1) is 25.1. The third kappa shape index (κ3) is 6.55. The average Bonchev–Trinajstić information content (AvgIpc) is 2.88. The van der Waals surface area contributed by atoms with Gasteiger partial charge in [0.15, 0.2) is 0 Å². The van der Waals surface area contributed by atoms with Crippen molar-refractivity contribution in [3.8, 4) is 17.2 Å². The van der Waals surface area contributed by atoms with Gasteiger partial charge in [0.25, 0.3) is 0 Å². The summed E-state index contributed by atoms with van der Waals surface area (Å²) >= 11 is 12.0. The highest BCUT2D eigenvalue weighted by Gasteiger charge is 2.27. The normalized spacial score (nSPS) is 15.3. The van der Waals surface area contributed by atoms with Gasteiger partial charge in [0.1, 0.15) is 0 Å². The number of carbonyl (C=O) groups excluding carboxylic acids is 1. The van der Waals surface area contributed by atoms with E-state index in [1.54, 1.807) is 18.2 Å². The summed E-state index contributed by atoms with van der Waals surface area (Å²) in [7, 11) is 2.15. The van der Waals surface area contributed by atoms with Crippen molar-refractivity contribution in [3.05, 3.63) is 87.9 Å². The molecule has 1 heterocycles. The molecule has 35 heavy (non-hydrogen) atoms. The van der Waals surface area contributed by atoms with Crippen LogP contribution in [-0.2, 0) is 0 Å². The van der Waals surface area contributed by atoms with Crippen LogP contribution in [0.5, 0.6) is 0 Å². The van der Waals surface area contributed by atoms with Gasteiger partial charge >= 0.3 is 6.03 Å². The monoisotopic (exact) mass is 506 g/mol. The molecule has 0 radical (unpaired) electrons. The van der Waals surface area contributed by atoms with Gasteiger partial charge in [0, 0.05) is 18.2 Å². The van der Waals surface area contributed by atoms with Crippen LogP contribution in [0.4, 0.5) is 10.5 Å². The topological polar surface area (TPSA) is 68.2 Å². The zero-order valence-electron chi connectivity index (χ0n) is 19.6. The summed E-state index contributed by atoms with van der Waals surface area (Å²) in [5.41, 5.74) is 4.53. The second kappa shape index (κ2) is 11.6. The first-order valence-corrected chi connectivity index (χ1v) is 12.5. The van der Waals surface area contributed by atoms with Crippen LogP contribution in [0.1, 0.15) is 29.9 Å². The van der Waals surface area contributed by atoms with Crippen LogP contribution in [0.2, 0.25) is 10.0 Å². The summed E-state index contributed by atoms with van der Waals surface area (Å²) in [6.45, 7) is 2.64. The number of hydrogen-bond donors (Lipinski definition) is 2. The highest BCUT2D eigenvalue weighted by atomic mass is 35.5. The molecule has 1 fully saturated rings. The van der Waals surface area contributed by atoms with Crippen molar-refractivity contribution in [2.75, 3.05) is 32.0 Å². The Morgan fingerprint density at radius 1 is 1.03 bits per heavy atom. The lowest BCUT2D eigenvalue weighted by Crippen LogP contribution is -2.38. The zero-order chi connectivity index (χ0) is 24.8. The number of amides is 2. The number of anilines is 1. The van der Waals surface area contributed by atoms with E-state index in [0.29, 0.717) is 33.8 Å². The molecule has 1 atom stereocenters. The lowest BCUT2D eigenvalue weighted by atomic mass is 9.79. The number of carbonyl (C=O) groups is 1. The van der Waals surface area contributed by atoms with E-state index in [4.69, 9.17) is 23.2 Å². The van der Waals surface area contributed by atoms with E-state index in [9.17, 15) is 10.1 Å². The molecule has 1 unspecified atom stereocenters. The summed E-state index contributed by atoms with van der Waals surface area (Å²) < 4.78 is 0. The van der Waals surface area contributed by atoms with Crippen molar-refractivity contribution in [1.82, 2.24) is 10.2 Å². The van der Waals surface area contributed by atoms with Crippen molar-refractivity contribution < 1.29 is 4.79 Å². The highest BCUT2D eigenvalue weighted by molar-refractivity contribution is 6.42. The fourth-order valence-electron chi connectivity index (χ4n) is 4.63. The Morgan fingerprint density at radius 2 is 1.77 bits per heavy atom. The van der Waals surface area contributed by atoms with E-state index in [-0.39, 0.29) is 11.9 Å². The number of benzene rings is 3. The maximum absolute atomic E-state index is 12.6. The predicted octanol–water partition coefficient (Wildman–Crippen LogP) is 6.78. The van der Waals surface area contributed by atoms with Gasteiger partial charge in [-0.2, -0.15) is 5.26 Å². The summed E-state index contributed by atoms with van der Waals surface area (Å²) in [4.78, 5) is 15.0. The number of likely N-dealkylation sites (tertiary alicyclic amines) is 1. The molecular formula is C28H28Cl2N4O. The van der Waals surface area contributed by atoms with Gasteiger partial charge in [-0.15, -0.1) is 0 Å². The number of urea groups is 1. The lowest BCUT2D eigenvalue weighted by Gasteiger charge is -2.35. The molecule has 0 bridgehead atoms. The first-order chi connectivity index (χ1) is 16.9. The molecule has 0 aliphatic carbocycles. The Labute approximate surface area is 216 Å². The minimum absolute atomic E-state index is 0.197. The fourth-order valence-corrected chi connectivity index (χ4v) is 4.93. The van der Waals surface area contributed by atoms with Crippen LogP contribution >= 0.6 is 23.2 Å². The number of nitrogens with zero attached hydrogens (tertiary/aromatic N) is 2. The van der Waals surface area contributed by atoms with E-state index in [1.807, 2.05) is 24.3 Å². The molecular weight excluding hydrogens is 479 g/mol. The molecule has 1 aliphatic heterocycles. The second-order valence-electron chi connectivity index (χ2n) is 9.03. The van der Waals surface area contributed by atoms with Crippen LogP contribution in [0, 0.1) is 17.2 Å². The van der Waals surface area contributed by atoms with Gasteiger partial charge in [-0.1, -0.05) is 59.6 Å². The van der Waals surface area contributed by atoms with Gasteiger partial charge in [-0.25, -0.2) is 4.79 Å². The van der Waals surface area contributed by atoms with Crippen molar-refractivity contribution >= 4 is 34.9 Å². The van der Waals surface area contributed by atoms with E-state index >= 15 is 0 Å². The van der Waals surface area contributed by atoms with Crippen LogP contribution in [0.15, 0.2) is 66.7 Å². The molecule has 3 aromatic rings. The number of hydrogen-bond acceptors (Lipinski definition) is 3. The van der Waals surface area contributed by atoms with Crippen molar-refractivity contribution in [2.24, 2.45) is 5.92 Å². The minimum Gasteiger partial charge on any atom is -0.337 e. The van der Waals surface area contributed by atoms with Crippen molar-refractivity contribution in [2.45, 2.75) is 18.8 Å². The van der Waals surface area contributed by atoms with Gasteiger partial charge in [-0.05, 0) is 85.9 Å². The van der Waals surface area contributed by atoms with Gasteiger partial charge in [0.2, 0.25) is 0 Å². The molecule has 5 nitrogen and oxygen atoms in total. The molecule has 7 heteroatoms. The largest absolute Gasteiger partial charge is 0.337 e. The SMILES string of the molecule is CN1CCC(C(CNC(=O)Nc2ccc(Cl)c(Cl)c2)c2ccc(-c3cccc(C#N)c3)cc2)CC1. The maximum Gasteiger partial charge on any atom is 0.319 e. The van der Waals surface area contributed by atoms with Crippen molar-refractivity contribution in [1.29, 1.82) is 5.26 Å². The molecule has 4 rings (SSSR count). The highest BCUT2D eigenvalue weighted by Crippen LogP contribution is 2.33. The van der Waals surface area contributed by atoms with Gasteiger partial charge in [-0.3, -0.25) is 0 Å². The molecule has 0 spiro atoms. The molecule has 0 aromatic heterocycles. The van der Waals surface area contributed by atoms with E-state index in [2.05, 4.69) is 52.9 Å². The number of piperidine rings is 1. The summed E-state index contributed by atoms with van der Waals surface area (Å²) in [5.74, 6) is 0.673.